The van der Waals surface area contributed by atoms with Crippen molar-refractivity contribution in [2.24, 2.45) is 0 Å². The highest BCUT2D eigenvalue weighted by Gasteiger charge is 2.23. The van der Waals surface area contributed by atoms with Gasteiger partial charge in [0.1, 0.15) is 5.82 Å². The van der Waals surface area contributed by atoms with E-state index in [9.17, 15) is 9.18 Å². The molecule has 1 N–H and O–H groups in total. The number of likely N-dealkylation sites (N-methyl/N-ethyl adjacent to an activating group) is 1. The lowest BCUT2D eigenvalue weighted by molar-refractivity contribution is 0.208. The molecule has 0 aliphatic carbocycles. The number of carbonyl (C=O) groups is 1. The van der Waals surface area contributed by atoms with Crippen LogP contribution in [0.1, 0.15) is 0 Å². The molecule has 2 saturated heterocycles. The second kappa shape index (κ2) is 8.60. The molecule has 2 aliphatic heterocycles. The fraction of sp³-hybridized carbons (Fsp3) is 0.450. The number of carbonyl (C=O) groups excluding carboxylic acids is 1. The van der Waals surface area contributed by atoms with Crippen LogP contribution in [0.15, 0.2) is 36.4 Å². The molecule has 0 spiro atoms. The van der Waals surface area contributed by atoms with E-state index in [1.54, 1.807) is 17.0 Å². The molecule has 0 unspecified atom stereocenters. The summed E-state index contributed by atoms with van der Waals surface area (Å²) >= 11 is 0. The van der Waals surface area contributed by atoms with E-state index in [-0.39, 0.29) is 11.8 Å². The zero-order valence-corrected chi connectivity index (χ0v) is 16.6. The van der Waals surface area contributed by atoms with Gasteiger partial charge in [-0.1, -0.05) is 0 Å². The summed E-state index contributed by atoms with van der Waals surface area (Å²) in [6.45, 7) is 6.57. The van der Waals surface area contributed by atoms with E-state index in [1.807, 2.05) is 12.1 Å². The molecule has 3 heterocycles. The zero-order valence-electron chi connectivity index (χ0n) is 16.6. The number of nitrogens with zero attached hydrogens (tertiary/aromatic N) is 6. The van der Waals surface area contributed by atoms with E-state index in [4.69, 9.17) is 0 Å². The van der Waals surface area contributed by atoms with Crippen molar-refractivity contribution in [2.45, 2.75) is 0 Å². The summed E-state index contributed by atoms with van der Waals surface area (Å²) in [5.74, 6) is 1.43. The highest BCUT2D eigenvalue weighted by Crippen LogP contribution is 2.18. The number of urea groups is 1. The summed E-state index contributed by atoms with van der Waals surface area (Å²) in [6.07, 6.45) is 0. The standard InChI is InChI=1S/C20H26FN7O/c1-25-8-10-26(11-9-25)18-6-7-19(24-23-18)27-12-14-28(15-13-27)20(29)22-17-4-2-16(21)3-5-17/h2-7H,8-15H2,1H3,(H,22,29). The molecule has 0 bridgehead atoms. The maximum atomic E-state index is 13.0. The van der Waals surface area contributed by atoms with Gasteiger partial charge in [-0.25, -0.2) is 9.18 Å². The van der Waals surface area contributed by atoms with Crippen LogP contribution in [0.3, 0.4) is 0 Å². The first kappa shape index (κ1) is 19.4. The van der Waals surface area contributed by atoms with Gasteiger partial charge in [-0.2, -0.15) is 0 Å². The average molecular weight is 399 g/mol. The molecule has 29 heavy (non-hydrogen) atoms. The second-order valence-corrected chi connectivity index (χ2v) is 7.45. The Hall–Kier alpha value is -2.94. The van der Waals surface area contributed by atoms with Crippen molar-refractivity contribution >= 4 is 23.4 Å². The van der Waals surface area contributed by atoms with Crippen LogP contribution >= 0.6 is 0 Å². The van der Waals surface area contributed by atoms with Gasteiger partial charge >= 0.3 is 6.03 Å². The third kappa shape index (κ3) is 4.73. The lowest BCUT2D eigenvalue weighted by atomic mass is 10.3. The third-order valence-electron chi connectivity index (χ3n) is 5.45. The molecule has 2 aromatic rings. The van der Waals surface area contributed by atoms with Gasteiger partial charge < -0.3 is 24.9 Å². The Morgan fingerprint density at radius 3 is 1.86 bits per heavy atom. The molecular weight excluding hydrogens is 373 g/mol. The quantitative estimate of drug-likeness (QED) is 0.848. The van der Waals surface area contributed by atoms with Crippen LogP contribution in [-0.4, -0.2) is 85.4 Å². The third-order valence-corrected chi connectivity index (χ3v) is 5.45. The second-order valence-electron chi connectivity index (χ2n) is 7.45. The maximum absolute atomic E-state index is 13.0. The van der Waals surface area contributed by atoms with Crippen LogP contribution in [0.2, 0.25) is 0 Å². The van der Waals surface area contributed by atoms with Crippen molar-refractivity contribution in [2.75, 3.05) is 74.5 Å². The van der Waals surface area contributed by atoms with Crippen molar-refractivity contribution in [1.82, 2.24) is 20.0 Å². The minimum atomic E-state index is -0.323. The van der Waals surface area contributed by atoms with Gasteiger partial charge in [0.2, 0.25) is 0 Å². The normalized spacial score (nSPS) is 18.1. The number of hydrogen-bond donors (Lipinski definition) is 1. The lowest BCUT2D eigenvalue weighted by Crippen LogP contribution is -2.50. The van der Waals surface area contributed by atoms with E-state index in [1.165, 1.54) is 12.1 Å². The van der Waals surface area contributed by atoms with Gasteiger partial charge in [0.25, 0.3) is 0 Å². The van der Waals surface area contributed by atoms with Crippen molar-refractivity contribution in [3.8, 4) is 0 Å². The van der Waals surface area contributed by atoms with E-state index >= 15 is 0 Å². The number of aromatic nitrogens is 2. The Bertz CT molecular complexity index is 814. The van der Waals surface area contributed by atoms with Gasteiger partial charge in [0.05, 0.1) is 0 Å². The highest BCUT2D eigenvalue weighted by atomic mass is 19.1. The van der Waals surface area contributed by atoms with E-state index in [0.29, 0.717) is 31.9 Å². The summed E-state index contributed by atoms with van der Waals surface area (Å²) in [7, 11) is 2.13. The number of piperazine rings is 2. The molecule has 2 fully saturated rings. The fourth-order valence-electron chi connectivity index (χ4n) is 3.57. The summed E-state index contributed by atoms with van der Waals surface area (Å²) < 4.78 is 13.0. The van der Waals surface area contributed by atoms with Crippen LogP contribution in [-0.2, 0) is 0 Å². The first-order valence-corrected chi connectivity index (χ1v) is 9.92. The molecular formula is C20H26FN7O. The number of hydrogen-bond acceptors (Lipinski definition) is 6. The molecule has 4 rings (SSSR count). The van der Waals surface area contributed by atoms with Crippen molar-refractivity contribution < 1.29 is 9.18 Å². The molecule has 0 saturated carbocycles. The number of halogens is 1. The smallest absolute Gasteiger partial charge is 0.321 e. The Labute approximate surface area is 169 Å². The predicted molar refractivity (Wildman–Crippen MR) is 111 cm³/mol. The molecule has 1 aromatic carbocycles. The zero-order chi connectivity index (χ0) is 20.2. The minimum Gasteiger partial charge on any atom is -0.353 e. The largest absolute Gasteiger partial charge is 0.353 e. The lowest BCUT2D eigenvalue weighted by Gasteiger charge is -2.35. The van der Waals surface area contributed by atoms with Gasteiger partial charge in [-0.05, 0) is 43.4 Å². The fourth-order valence-corrected chi connectivity index (χ4v) is 3.57. The number of nitrogens with one attached hydrogen (secondary N) is 1. The number of anilines is 3. The van der Waals surface area contributed by atoms with Crippen molar-refractivity contribution in [3.05, 3.63) is 42.2 Å². The van der Waals surface area contributed by atoms with Crippen molar-refractivity contribution in [3.63, 3.8) is 0 Å². The van der Waals surface area contributed by atoms with E-state index < -0.39 is 0 Å². The highest BCUT2D eigenvalue weighted by molar-refractivity contribution is 5.89. The molecule has 1 aromatic heterocycles. The maximum Gasteiger partial charge on any atom is 0.321 e. The molecule has 0 radical (unpaired) electrons. The van der Waals surface area contributed by atoms with Gasteiger partial charge in [0, 0.05) is 58.0 Å². The monoisotopic (exact) mass is 399 g/mol. The molecule has 0 atom stereocenters. The number of amides is 2. The van der Waals surface area contributed by atoms with Crippen LogP contribution in [0.25, 0.3) is 0 Å². The average Bonchev–Trinajstić information content (AvgIpc) is 2.76. The van der Waals surface area contributed by atoms with Gasteiger partial charge in [-0.3, -0.25) is 0 Å². The molecule has 154 valence electrons. The van der Waals surface area contributed by atoms with E-state index in [2.05, 4.69) is 37.3 Å². The van der Waals surface area contributed by atoms with Crippen LogP contribution in [0.4, 0.5) is 26.5 Å². The summed E-state index contributed by atoms with van der Waals surface area (Å²) in [5, 5.41) is 11.6. The van der Waals surface area contributed by atoms with Crippen LogP contribution in [0.5, 0.6) is 0 Å². The van der Waals surface area contributed by atoms with Crippen molar-refractivity contribution in [1.29, 1.82) is 0 Å². The molecule has 2 amide bonds. The Kier molecular flexibility index (Phi) is 5.75. The number of benzene rings is 1. The molecule has 9 heteroatoms. The van der Waals surface area contributed by atoms with Gasteiger partial charge in [-0.15, -0.1) is 10.2 Å². The van der Waals surface area contributed by atoms with E-state index in [0.717, 1.165) is 37.8 Å². The summed E-state index contributed by atoms with van der Waals surface area (Å²) in [4.78, 5) is 20.9. The molecule has 8 nitrogen and oxygen atoms in total. The topological polar surface area (TPSA) is 67.8 Å². The Balaban J connectivity index is 1.29. The summed E-state index contributed by atoms with van der Waals surface area (Å²) in [6, 6.07) is 9.64. The summed E-state index contributed by atoms with van der Waals surface area (Å²) in [5.41, 5.74) is 0.587. The Morgan fingerprint density at radius 2 is 1.34 bits per heavy atom. The number of rotatable bonds is 3. The van der Waals surface area contributed by atoms with Crippen LogP contribution in [0, 0.1) is 5.82 Å². The first-order chi connectivity index (χ1) is 14.1. The van der Waals surface area contributed by atoms with Crippen LogP contribution < -0.4 is 15.1 Å². The van der Waals surface area contributed by atoms with Gasteiger partial charge in [0.15, 0.2) is 11.6 Å². The molecule has 2 aliphatic rings. The SMILES string of the molecule is CN1CCN(c2ccc(N3CCN(C(=O)Nc4ccc(F)cc4)CC3)nn2)CC1. The minimum absolute atomic E-state index is 0.173. The predicted octanol–water partition coefficient (Wildman–Crippen LogP) is 1.72. The first-order valence-electron chi connectivity index (χ1n) is 9.92. The Morgan fingerprint density at radius 1 is 0.828 bits per heavy atom.